The quantitative estimate of drug-likeness (QED) is 0.628. The Hall–Kier alpha value is -0.0100. The lowest BCUT2D eigenvalue weighted by Crippen LogP contribution is -2.24. The highest BCUT2D eigenvalue weighted by Gasteiger charge is 1.89. The number of hydrogen-bond acceptors (Lipinski definition) is 1. The summed E-state index contributed by atoms with van der Waals surface area (Å²) in [5, 5.41) is 3.35. The van der Waals surface area contributed by atoms with Gasteiger partial charge in [0, 0.05) is 6.04 Å². The molecule has 1 nitrogen and oxygen atoms in total. The second-order valence-electron chi connectivity index (χ2n) is 2.27. The van der Waals surface area contributed by atoms with Crippen LogP contribution in [0.15, 0.2) is 12.2 Å². The van der Waals surface area contributed by atoms with E-state index < -0.39 is 0 Å². The van der Waals surface area contributed by atoms with Crippen LogP contribution in [0.4, 0.5) is 0 Å². The predicted molar refractivity (Wildman–Crippen MR) is 49.8 cm³/mol. The summed E-state index contributed by atoms with van der Waals surface area (Å²) in [4.78, 5) is 0. The van der Waals surface area contributed by atoms with Crippen molar-refractivity contribution >= 4 is 12.4 Å². The molecule has 0 saturated carbocycles. The van der Waals surface area contributed by atoms with E-state index in [0.29, 0.717) is 6.04 Å². The van der Waals surface area contributed by atoms with Crippen LogP contribution in [-0.4, -0.2) is 12.6 Å². The molecule has 10 heavy (non-hydrogen) atoms. The van der Waals surface area contributed by atoms with Crippen molar-refractivity contribution < 1.29 is 0 Å². The highest BCUT2D eigenvalue weighted by atomic mass is 35.5. The molecule has 0 aliphatic rings. The average molecular weight is 164 g/mol. The molecule has 2 heteroatoms. The van der Waals surface area contributed by atoms with Gasteiger partial charge >= 0.3 is 0 Å². The maximum Gasteiger partial charge on any atom is 0.0221 e. The van der Waals surface area contributed by atoms with E-state index in [1.165, 1.54) is 6.42 Å². The molecular weight excluding hydrogens is 146 g/mol. The van der Waals surface area contributed by atoms with Crippen molar-refractivity contribution in [1.29, 1.82) is 0 Å². The summed E-state index contributed by atoms with van der Waals surface area (Å²) < 4.78 is 0. The average Bonchev–Trinajstić information content (AvgIpc) is 1.85. The molecule has 0 radical (unpaired) electrons. The molecule has 0 amide bonds. The molecule has 0 aromatic rings. The van der Waals surface area contributed by atoms with E-state index in [9.17, 15) is 0 Å². The molecule has 1 N–H and O–H groups in total. The first kappa shape index (κ1) is 12.6. The first-order chi connectivity index (χ1) is 4.31. The lowest BCUT2D eigenvalue weighted by Gasteiger charge is -2.06. The molecule has 0 fully saturated rings. The molecule has 0 heterocycles. The lowest BCUT2D eigenvalue weighted by molar-refractivity contribution is 0.623. The Kier molecular flexibility index (Phi) is 11.4. The smallest absolute Gasteiger partial charge is 0.0221 e. The zero-order valence-electron chi connectivity index (χ0n) is 7.05. The van der Waals surface area contributed by atoms with Gasteiger partial charge in [-0.15, -0.1) is 12.4 Å². The Labute approximate surface area is 70.3 Å². The molecule has 0 aromatic carbocycles. The van der Waals surface area contributed by atoms with Crippen LogP contribution in [0, 0.1) is 0 Å². The summed E-state index contributed by atoms with van der Waals surface area (Å²) in [5.41, 5.74) is 0. The highest BCUT2D eigenvalue weighted by Crippen LogP contribution is 1.83. The van der Waals surface area contributed by atoms with Gasteiger partial charge in [0.05, 0.1) is 0 Å². The number of allylic oxidation sites excluding steroid dienone is 1. The monoisotopic (exact) mass is 163 g/mol. The van der Waals surface area contributed by atoms with Crippen LogP contribution in [0.3, 0.4) is 0 Å². The zero-order chi connectivity index (χ0) is 7.11. The lowest BCUT2D eigenvalue weighted by atomic mass is 10.3. The fourth-order valence-corrected chi connectivity index (χ4v) is 0.729. The number of halogens is 1. The minimum absolute atomic E-state index is 0. The van der Waals surface area contributed by atoms with Gasteiger partial charge in [0.2, 0.25) is 0 Å². The number of rotatable bonds is 4. The van der Waals surface area contributed by atoms with Crippen molar-refractivity contribution in [3.8, 4) is 0 Å². The Bertz CT molecular complexity index is 81.3. The van der Waals surface area contributed by atoms with Gasteiger partial charge in [-0.05, 0) is 26.8 Å². The summed E-state index contributed by atoms with van der Waals surface area (Å²) in [6.07, 6.45) is 5.45. The van der Waals surface area contributed by atoms with E-state index in [-0.39, 0.29) is 12.4 Å². The van der Waals surface area contributed by atoms with Crippen LogP contribution >= 0.6 is 12.4 Å². The van der Waals surface area contributed by atoms with E-state index in [4.69, 9.17) is 0 Å². The number of nitrogens with one attached hydrogen (secondary N) is 1. The fourth-order valence-electron chi connectivity index (χ4n) is 0.729. The van der Waals surface area contributed by atoms with Crippen molar-refractivity contribution in [1.82, 2.24) is 5.32 Å². The van der Waals surface area contributed by atoms with Crippen molar-refractivity contribution in [2.24, 2.45) is 0 Å². The van der Waals surface area contributed by atoms with Crippen LogP contribution in [0.2, 0.25) is 0 Å². The molecule has 62 valence electrons. The SMILES string of the molecule is CC=CC(C)NCCC.Cl. The van der Waals surface area contributed by atoms with Crippen LogP contribution in [-0.2, 0) is 0 Å². The first-order valence-electron chi connectivity index (χ1n) is 3.67. The van der Waals surface area contributed by atoms with Crippen molar-refractivity contribution in [3.63, 3.8) is 0 Å². The second-order valence-corrected chi connectivity index (χ2v) is 2.27. The van der Waals surface area contributed by atoms with Gasteiger partial charge in [0.25, 0.3) is 0 Å². The highest BCUT2D eigenvalue weighted by molar-refractivity contribution is 5.85. The van der Waals surface area contributed by atoms with Crippen molar-refractivity contribution in [2.75, 3.05) is 6.54 Å². The topological polar surface area (TPSA) is 12.0 Å². The van der Waals surface area contributed by atoms with Gasteiger partial charge in [-0.2, -0.15) is 0 Å². The van der Waals surface area contributed by atoms with Gasteiger partial charge in [-0.1, -0.05) is 19.1 Å². The first-order valence-corrected chi connectivity index (χ1v) is 3.67. The maximum atomic E-state index is 3.35. The largest absolute Gasteiger partial charge is 0.311 e. The zero-order valence-corrected chi connectivity index (χ0v) is 7.87. The molecule has 0 bridgehead atoms. The van der Waals surface area contributed by atoms with Crippen LogP contribution < -0.4 is 5.32 Å². The summed E-state index contributed by atoms with van der Waals surface area (Å²) >= 11 is 0. The molecule has 0 rings (SSSR count). The summed E-state index contributed by atoms with van der Waals surface area (Å²) in [5.74, 6) is 0. The van der Waals surface area contributed by atoms with Gasteiger partial charge in [0.1, 0.15) is 0 Å². The molecule has 1 atom stereocenters. The summed E-state index contributed by atoms with van der Waals surface area (Å²) in [6.45, 7) is 7.50. The Morgan fingerprint density at radius 1 is 1.50 bits per heavy atom. The van der Waals surface area contributed by atoms with Crippen molar-refractivity contribution in [3.05, 3.63) is 12.2 Å². The van der Waals surface area contributed by atoms with E-state index in [0.717, 1.165) is 6.54 Å². The molecule has 0 saturated heterocycles. The van der Waals surface area contributed by atoms with Crippen molar-refractivity contribution in [2.45, 2.75) is 33.2 Å². The van der Waals surface area contributed by atoms with Gasteiger partial charge in [-0.25, -0.2) is 0 Å². The van der Waals surface area contributed by atoms with E-state index in [1.807, 2.05) is 6.92 Å². The summed E-state index contributed by atoms with van der Waals surface area (Å²) in [6, 6.07) is 0.537. The molecule has 0 aliphatic heterocycles. The van der Waals surface area contributed by atoms with E-state index in [1.54, 1.807) is 0 Å². The van der Waals surface area contributed by atoms with E-state index >= 15 is 0 Å². The second kappa shape index (κ2) is 8.99. The Balaban J connectivity index is 0. The molecule has 0 spiro atoms. The van der Waals surface area contributed by atoms with Gasteiger partial charge in [0.15, 0.2) is 0 Å². The predicted octanol–water partition coefficient (Wildman–Crippen LogP) is 2.37. The van der Waals surface area contributed by atoms with Crippen LogP contribution in [0.1, 0.15) is 27.2 Å². The van der Waals surface area contributed by atoms with Crippen LogP contribution in [0.25, 0.3) is 0 Å². The number of hydrogen-bond donors (Lipinski definition) is 1. The third-order valence-corrected chi connectivity index (χ3v) is 1.20. The van der Waals surface area contributed by atoms with Gasteiger partial charge in [-0.3, -0.25) is 0 Å². The third kappa shape index (κ3) is 7.99. The third-order valence-electron chi connectivity index (χ3n) is 1.20. The van der Waals surface area contributed by atoms with Crippen LogP contribution in [0.5, 0.6) is 0 Å². The maximum absolute atomic E-state index is 3.35. The Morgan fingerprint density at radius 3 is 2.50 bits per heavy atom. The standard InChI is InChI=1S/C8H17N.ClH/c1-4-6-8(3)9-7-5-2;/h4,6,8-9H,5,7H2,1-3H3;1H. The molecule has 1 unspecified atom stereocenters. The summed E-state index contributed by atoms with van der Waals surface area (Å²) in [7, 11) is 0. The minimum Gasteiger partial charge on any atom is -0.311 e. The fraction of sp³-hybridized carbons (Fsp3) is 0.750. The molecule has 0 aliphatic carbocycles. The van der Waals surface area contributed by atoms with E-state index in [2.05, 4.69) is 31.3 Å². The Morgan fingerprint density at radius 2 is 2.10 bits per heavy atom. The normalized spacial score (nSPS) is 13.1. The molecular formula is C8H18ClN. The minimum atomic E-state index is 0. The molecule has 0 aromatic heterocycles. The van der Waals surface area contributed by atoms with Gasteiger partial charge < -0.3 is 5.32 Å².